The largest absolute Gasteiger partial charge is 0.339 e. The number of hydrogen-bond acceptors (Lipinski definition) is 6. The monoisotopic (exact) mass is 417 g/mol. The lowest BCUT2D eigenvalue weighted by Crippen LogP contribution is -2.36. The van der Waals surface area contributed by atoms with Gasteiger partial charge in [0.2, 0.25) is 5.91 Å². The van der Waals surface area contributed by atoms with E-state index in [9.17, 15) is 19.7 Å². The van der Waals surface area contributed by atoms with E-state index >= 15 is 0 Å². The molecule has 2 aromatic heterocycles. The lowest BCUT2D eigenvalue weighted by molar-refractivity contribution is -0.385. The lowest BCUT2D eigenvalue weighted by atomic mass is 9.94. The normalized spacial score (nSPS) is 16.3. The van der Waals surface area contributed by atoms with E-state index in [1.807, 2.05) is 4.90 Å². The summed E-state index contributed by atoms with van der Waals surface area (Å²) in [4.78, 5) is 39.1. The Labute approximate surface area is 171 Å². The van der Waals surface area contributed by atoms with Crippen molar-refractivity contribution in [2.75, 3.05) is 18.4 Å². The number of aromatic nitrogens is 2. The third kappa shape index (κ3) is 4.16. The number of carbonyl (C=O) groups excluding carboxylic acids is 2. The number of thiophene rings is 1. The molecular weight excluding hydrogens is 394 g/mol. The molecule has 0 radical (unpaired) electrons. The highest BCUT2D eigenvalue weighted by Crippen LogP contribution is 2.39. The van der Waals surface area contributed by atoms with Crippen molar-refractivity contribution in [2.45, 2.75) is 51.5 Å². The highest BCUT2D eigenvalue weighted by atomic mass is 32.1. The molecule has 1 aliphatic carbocycles. The summed E-state index contributed by atoms with van der Waals surface area (Å²) in [5, 5.41) is 18.1. The molecule has 4 rings (SSSR count). The fourth-order valence-electron chi connectivity index (χ4n) is 3.98. The van der Waals surface area contributed by atoms with Gasteiger partial charge in [-0.15, -0.1) is 11.3 Å². The summed E-state index contributed by atoms with van der Waals surface area (Å²) in [6.45, 7) is 1.37. The van der Waals surface area contributed by atoms with E-state index in [-0.39, 0.29) is 24.0 Å². The zero-order chi connectivity index (χ0) is 20.4. The highest BCUT2D eigenvalue weighted by molar-refractivity contribution is 7.17. The van der Waals surface area contributed by atoms with Crippen molar-refractivity contribution in [1.29, 1.82) is 0 Å². The Balaban J connectivity index is 1.55. The molecule has 9 nitrogen and oxygen atoms in total. The first kappa shape index (κ1) is 19.6. The van der Waals surface area contributed by atoms with Crippen molar-refractivity contribution in [3.05, 3.63) is 38.5 Å². The van der Waals surface area contributed by atoms with E-state index in [0.29, 0.717) is 10.6 Å². The second-order valence-corrected chi connectivity index (χ2v) is 8.57. The second kappa shape index (κ2) is 8.32. The minimum atomic E-state index is -0.551. The van der Waals surface area contributed by atoms with Crippen molar-refractivity contribution < 1.29 is 14.5 Å². The smallest absolute Gasteiger partial charge is 0.307 e. The first-order valence-electron chi connectivity index (χ1n) is 9.93. The molecule has 154 valence electrons. The third-order valence-corrected chi connectivity index (χ3v) is 6.62. The minimum Gasteiger partial charge on any atom is -0.339 e. The lowest BCUT2D eigenvalue weighted by Gasteiger charge is -2.27. The minimum absolute atomic E-state index is 0.00845. The van der Waals surface area contributed by atoms with E-state index in [1.54, 1.807) is 0 Å². The molecule has 2 aliphatic rings. The van der Waals surface area contributed by atoms with Crippen molar-refractivity contribution in [3.8, 4) is 0 Å². The molecule has 2 amide bonds. The number of nitro groups is 1. The van der Waals surface area contributed by atoms with Crippen LogP contribution in [0.1, 0.15) is 52.9 Å². The van der Waals surface area contributed by atoms with E-state index in [1.165, 1.54) is 27.1 Å². The first-order chi connectivity index (χ1) is 14.0. The van der Waals surface area contributed by atoms with Gasteiger partial charge in [-0.2, -0.15) is 5.10 Å². The molecule has 29 heavy (non-hydrogen) atoms. The summed E-state index contributed by atoms with van der Waals surface area (Å²) in [7, 11) is 0. The van der Waals surface area contributed by atoms with Crippen molar-refractivity contribution in [2.24, 2.45) is 0 Å². The number of rotatable bonds is 5. The first-order valence-corrected chi connectivity index (χ1v) is 10.7. The number of nitrogens with zero attached hydrogens (tertiary/aromatic N) is 4. The summed E-state index contributed by atoms with van der Waals surface area (Å²) in [6.07, 6.45) is 9.44. The number of likely N-dealkylation sites (tertiary alicyclic amines) is 1. The van der Waals surface area contributed by atoms with Crippen molar-refractivity contribution in [1.82, 2.24) is 14.7 Å². The molecule has 0 bridgehead atoms. The SMILES string of the molecule is O=C(Cn1cc([N+](=O)[O-])cn1)Nc1sc2c(c1C(=O)N1CCCCC1)CCCC2. The molecular formula is C19H23N5O4S. The van der Waals surface area contributed by atoms with Crippen LogP contribution in [0.25, 0.3) is 0 Å². The predicted molar refractivity (Wildman–Crippen MR) is 108 cm³/mol. The third-order valence-electron chi connectivity index (χ3n) is 5.42. The van der Waals surface area contributed by atoms with Crippen molar-refractivity contribution in [3.63, 3.8) is 0 Å². The predicted octanol–water partition coefficient (Wildman–Crippen LogP) is 3.00. The Morgan fingerprint density at radius 1 is 1.17 bits per heavy atom. The molecule has 3 heterocycles. The number of nitrogens with one attached hydrogen (secondary N) is 1. The Morgan fingerprint density at radius 3 is 2.66 bits per heavy atom. The van der Waals surface area contributed by atoms with Crippen LogP contribution < -0.4 is 5.32 Å². The zero-order valence-corrected chi connectivity index (χ0v) is 16.9. The van der Waals surface area contributed by atoms with Gasteiger partial charge in [-0.1, -0.05) is 0 Å². The van der Waals surface area contributed by atoms with Gasteiger partial charge in [0.05, 0.1) is 10.5 Å². The zero-order valence-electron chi connectivity index (χ0n) is 16.1. The van der Waals surface area contributed by atoms with E-state index in [4.69, 9.17) is 0 Å². The quantitative estimate of drug-likeness (QED) is 0.594. The van der Waals surface area contributed by atoms with Gasteiger partial charge < -0.3 is 10.2 Å². The van der Waals surface area contributed by atoms with Crippen LogP contribution in [-0.4, -0.2) is 44.5 Å². The Bertz CT molecular complexity index is 945. The Kier molecular flexibility index (Phi) is 5.61. The topological polar surface area (TPSA) is 110 Å². The number of carbonyl (C=O) groups is 2. The van der Waals surface area contributed by atoms with Gasteiger partial charge in [0, 0.05) is 18.0 Å². The summed E-state index contributed by atoms with van der Waals surface area (Å²) in [5.41, 5.74) is 1.57. The summed E-state index contributed by atoms with van der Waals surface area (Å²) in [6, 6.07) is 0. The summed E-state index contributed by atoms with van der Waals surface area (Å²) < 4.78 is 1.23. The maximum atomic E-state index is 13.3. The van der Waals surface area contributed by atoms with Crippen LogP contribution in [0.4, 0.5) is 10.7 Å². The molecule has 1 fully saturated rings. The van der Waals surface area contributed by atoms with Crippen LogP contribution in [0.15, 0.2) is 12.4 Å². The molecule has 2 aromatic rings. The molecule has 0 unspecified atom stereocenters. The molecule has 1 N–H and O–H groups in total. The van der Waals surface area contributed by atoms with Crippen LogP contribution in [0.3, 0.4) is 0 Å². The average Bonchev–Trinajstić information content (AvgIpc) is 3.32. The van der Waals surface area contributed by atoms with E-state index in [2.05, 4.69) is 10.4 Å². The molecule has 0 atom stereocenters. The van der Waals surface area contributed by atoms with Crippen molar-refractivity contribution >= 4 is 33.8 Å². The molecule has 0 spiro atoms. The summed E-state index contributed by atoms with van der Waals surface area (Å²) >= 11 is 1.49. The number of anilines is 1. The van der Waals surface area contributed by atoms with E-state index in [0.717, 1.165) is 69.8 Å². The van der Waals surface area contributed by atoms with Gasteiger partial charge in [-0.05, 0) is 50.5 Å². The molecule has 1 saturated heterocycles. The molecule has 10 heteroatoms. The highest BCUT2D eigenvalue weighted by Gasteiger charge is 2.30. The summed E-state index contributed by atoms with van der Waals surface area (Å²) in [5.74, 6) is -0.344. The second-order valence-electron chi connectivity index (χ2n) is 7.47. The molecule has 0 aromatic carbocycles. The number of piperidine rings is 1. The van der Waals surface area contributed by atoms with Gasteiger partial charge in [0.1, 0.15) is 23.9 Å². The van der Waals surface area contributed by atoms with Crippen LogP contribution in [0.5, 0.6) is 0 Å². The Hall–Kier alpha value is -2.75. The van der Waals surface area contributed by atoms with Crippen LogP contribution in [0, 0.1) is 10.1 Å². The number of hydrogen-bond donors (Lipinski definition) is 1. The van der Waals surface area contributed by atoms with E-state index < -0.39 is 4.92 Å². The van der Waals surface area contributed by atoms with Gasteiger partial charge in [0.15, 0.2) is 0 Å². The van der Waals surface area contributed by atoms with Gasteiger partial charge >= 0.3 is 5.69 Å². The molecule has 0 saturated carbocycles. The maximum absolute atomic E-state index is 13.3. The fraction of sp³-hybridized carbons (Fsp3) is 0.526. The van der Waals surface area contributed by atoms with Crippen LogP contribution in [-0.2, 0) is 24.2 Å². The van der Waals surface area contributed by atoms with Crippen LogP contribution >= 0.6 is 11.3 Å². The van der Waals surface area contributed by atoms with Crippen LogP contribution in [0.2, 0.25) is 0 Å². The number of aryl methyl sites for hydroxylation is 1. The standard InChI is InChI=1S/C19H23N5O4S/c25-16(12-23-11-13(10-20-23)24(27)28)21-18-17(14-6-2-3-7-15(14)29-18)19(26)22-8-4-1-5-9-22/h10-11H,1-9,12H2,(H,21,25). The Morgan fingerprint density at radius 2 is 1.93 bits per heavy atom. The molecule has 1 aliphatic heterocycles. The average molecular weight is 417 g/mol. The maximum Gasteiger partial charge on any atom is 0.307 e. The number of amides is 2. The van der Waals surface area contributed by atoms with Gasteiger partial charge in [-0.3, -0.25) is 24.4 Å². The fourth-order valence-corrected chi connectivity index (χ4v) is 5.28. The number of fused-ring (bicyclic) bond motifs is 1. The van der Waals surface area contributed by atoms with Gasteiger partial charge in [-0.25, -0.2) is 0 Å². The van der Waals surface area contributed by atoms with Gasteiger partial charge in [0.25, 0.3) is 5.91 Å².